The first kappa shape index (κ1) is 18.8. The predicted octanol–water partition coefficient (Wildman–Crippen LogP) is 2.00. The fourth-order valence-corrected chi connectivity index (χ4v) is 3.53. The van der Waals surface area contributed by atoms with Crippen LogP contribution < -0.4 is 25.8 Å². The molecule has 7 nitrogen and oxygen atoms in total. The molecule has 1 fully saturated rings. The molecule has 1 N–H and O–H groups in total. The maximum absolute atomic E-state index is 14.0. The van der Waals surface area contributed by atoms with Gasteiger partial charge in [-0.3, -0.25) is 9.78 Å². The van der Waals surface area contributed by atoms with Crippen molar-refractivity contribution in [2.45, 2.75) is 0 Å². The van der Waals surface area contributed by atoms with E-state index < -0.39 is 11.2 Å². The Morgan fingerprint density at radius 2 is 1.59 bits per heavy atom. The van der Waals surface area contributed by atoms with Crippen LogP contribution in [0.25, 0.3) is 5.69 Å². The molecule has 0 unspecified atom stereocenters. The molecular weight excluding hydrogens is 375 g/mol. The summed E-state index contributed by atoms with van der Waals surface area (Å²) in [5, 5.41) is 0. The van der Waals surface area contributed by atoms with Gasteiger partial charge in [-0.2, -0.15) is 0 Å². The number of nitrogens with one attached hydrogen (secondary N) is 1. The van der Waals surface area contributed by atoms with Gasteiger partial charge in [0.05, 0.1) is 18.5 Å². The maximum atomic E-state index is 14.0. The highest BCUT2D eigenvalue weighted by atomic mass is 19.1. The molecule has 1 saturated heterocycles. The number of benzene rings is 2. The molecule has 1 aliphatic rings. The van der Waals surface area contributed by atoms with E-state index in [1.54, 1.807) is 49.6 Å². The molecule has 29 heavy (non-hydrogen) atoms. The van der Waals surface area contributed by atoms with Crippen molar-refractivity contribution < 1.29 is 9.13 Å². The summed E-state index contributed by atoms with van der Waals surface area (Å²) < 4.78 is 20.2. The van der Waals surface area contributed by atoms with E-state index in [1.807, 2.05) is 9.80 Å². The number of anilines is 2. The van der Waals surface area contributed by atoms with Gasteiger partial charge in [0.1, 0.15) is 17.4 Å². The Bertz CT molecular complexity index is 1080. The van der Waals surface area contributed by atoms with Crippen molar-refractivity contribution in [3.8, 4) is 11.4 Å². The summed E-state index contributed by atoms with van der Waals surface area (Å²) >= 11 is 0. The molecule has 1 aliphatic heterocycles. The third-order valence-electron chi connectivity index (χ3n) is 5.06. The van der Waals surface area contributed by atoms with Crippen LogP contribution in [0, 0.1) is 5.82 Å². The maximum Gasteiger partial charge on any atom is 0.334 e. The minimum atomic E-state index is -0.505. The van der Waals surface area contributed by atoms with Crippen LogP contribution in [0.4, 0.5) is 15.9 Å². The summed E-state index contributed by atoms with van der Waals surface area (Å²) in [5.74, 6) is 0.858. The lowest BCUT2D eigenvalue weighted by Crippen LogP contribution is -2.48. The predicted molar refractivity (Wildman–Crippen MR) is 110 cm³/mol. The fraction of sp³-hybridized carbons (Fsp3) is 0.238. The zero-order valence-corrected chi connectivity index (χ0v) is 16.0. The summed E-state index contributed by atoms with van der Waals surface area (Å²) in [5.41, 5.74) is 0.114. The molecule has 4 rings (SSSR count). The molecule has 3 aromatic rings. The summed E-state index contributed by atoms with van der Waals surface area (Å²) in [4.78, 5) is 31.9. The topological polar surface area (TPSA) is 70.6 Å². The van der Waals surface area contributed by atoms with Crippen molar-refractivity contribution in [3.05, 3.63) is 81.3 Å². The number of H-pyrrole nitrogens is 1. The second-order valence-electron chi connectivity index (χ2n) is 6.76. The first-order valence-corrected chi connectivity index (χ1v) is 9.32. The van der Waals surface area contributed by atoms with E-state index in [0.29, 0.717) is 49.1 Å². The number of hydrogen-bond acceptors (Lipinski definition) is 5. The van der Waals surface area contributed by atoms with Crippen molar-refractivity contribution in [3.63, 3.8) is 0 Å². The van der Waals surface area contributed by atoms with Gasteiger partial charge in [-0.15, -0.1) is 0 Å². The van der Waals surface area contributed by atoms with Gasteiger partial charge in [-0.1, -0.05) is 12.1 Å². The molecular formula is C21H21FN4O3. The van der Waals surface area contributed by atoms with E-state index in [-0.39, 0.29) is 5.82 Å². The largest absolute Gasteiger partial charge is 0.497 e. The van der Waals surface area contributed by atoms with E-state index in [1.165, 1.54) is 12.1 Å². The standard InChI is InChI=1S/C21H21FN4O3/c1-29-16-8-6-15(7-9-16)26-20(27)14-19(23-21(26)28)25-12-10-24(11-13-25)18-5-3-2-4-17(18)22/h2-9,14H,10-13H2,1H3,(H,23,28). The van der Waals surface area contributed by atoms with Crippen molar-refractivity contribution in [2.24, 2.45) is 0 Å². The number of aromatic amines is 1. The number of aromatic nitrogens is 2. The average molecular weight is 396 g/mol. The van der Waals surface area contributed by atoms with Crippen LogP contribution >= 0.6 is 0 Å². The Hall–Kier alpha value is -3.55. The normalized spacial score (nSPS) is 14.1. The monoisotopic (exact) mass is 396 g/mol. The first-order chi connectivity index (χ1) is 14.1. The summed E-state index contributed by atoms with van der Waals surface area (Å²) in [6.07, 6.45) is 0. The molecule has 0 saturated carbocycles. The number of ether oxygens (including phenoxy) is 1. The van der Waals surface area contributed by atoms with Crippen LogP contribution in [0.1, 0.15) is 0 Å². The van der Waals surface area contributed by atoms with Crippen molar-refractivity contribution >= 4 is 11.5 Å². The highest BCUT2D eigenvalue weighted by Gasteiger charge is 2.21. The van der Waals surface area contributed by atoms with E-state index in [2.05, 4.69) is 4.98 Å². The third-order valence-corrected chi connectivity index (χ3v) is 5.06. The molecule has 0 bridgehead atoms. The highest BCUT2D eigenvalue weighted by molar-refractivity contribution is 5.50. The van der Waals surface area contributed by atoms with Gasteiger partial charge in [0.2, 0.25) is 0 Å². The molecule has 0 spiro atoms. The lowest BCUT2D eigenvalue weighted by Gasteiger charge is -2.37. The summed E-state index contributed by atoms with van der Waals surface area (Å²) in [6.45, 7) is 2.31. The Morgan fingerprint density at radius 1 is 0.931 bits per heavy atom. The van der Waals surface area contributed by atoms with Crippen LogP contribution in [-0.4, -0.2) is 42.8 Å². The molecule has 0 atom stereocenters. The zero-order chi connectivity index (χ0) is 20.4. The molecule has 0 radical (unpaired) electrons. The Balaban J connectivity index is 1.54. The molecule has 150 valence electrons. The molecule has 8 heteroatoms. The van der Waals surface area contributed by atoms with Crippen LogP contribution in [-0.2, 0) is 0 Å². The van der Waals surface area contributed by atoms with Gasteiger partial charge in [0.25, 0.3) is 5.56 Å². The van der Waals surface area contributed by atoms with Gasteiger partial charge in [0.15, 0.2) is 0 Å². The average Bonchev–Trinajstić information content (AvgIpc) is 2.74. The second-order valence-corrected chi connectivity index (χ2v) is 6.76. The van der Waals surface area contributed by atoms with Crippen LogP contribution in [0.15, 0.2) is 64.2 Å². The van der Waals surface area contributed by atoms with E-state index in [4.69, 9.17) is 4.74 Å². The van der Waals surface area contributed by atoms with Gasteiger partial charge < -0.3 is 14.5 Å². The smallest absolute Gasteiger partial charge is 0.334 e. The Kier molecular flexibility index (Phi) is 5.07. The van der Waals surface area contributed by atoms with E-state index in [0.717, 1.165) is 4.57 Å². The lowest BCUT2D eigenvalue weighted by atomic mass is 10.2. The van der Waals surface area contributed by atoms with E-state index in [9.17, 15) is 14.0 Å². The first-order valence-electron chi connectivity index (χ1n) is 9.32. The molecule has 1 aromatic heterocycles. The van der Waals surface area contributed by atoms with Crippen molar-refractivity contribution in [2.75, 3.05) is 43.1 Å². The van der Waals surface area contributed by atoms with Gasteiger partial charge in [-0.05, 0) is 36.4 Å². The lowest BCUT2D eigenvalue weighted by molar-refractivity contribution is 0.414. The van der Waals surface area contributed by atoms with Crippen molar-refractivity contribution in [1.29, 1.82) is 0 Å². The molecule has 0 aliphatic carbocycles. The minimum absolute atomic E-state index is 0.253. The summed E-state index contributed by atoms with van der Waals surface area (Å²) in [7, 11) is 1.55. The minimum Gasteiger partial charge on any atom is -0.497 e. The highest BCUT2D eigenvalue weighted by Crippen LogP contribution is 2.21. The number of hydrogen-bond donors (Lipinski definition) is 1. The van der Waals surface area contributed by atoms with Gasteiger partial charge in [0, 0.05) is 32.2 Å². The number of methoxy groups -OCH3 is 1. The second kappa shape index (κ2) is 7.83. The van der Waals surface area contributed by atoms with Crippen LogP contribution in [0.3, 0.4) is 0 Å². The summed E-state index contributed by atoms with van der Waals surface area (Å²) in [6, 6.07) is 14.8. The quantitative estimate of drug-likeness (QED) is 0.731. The number of para-hydroxylation sites is 1. The van der Waals surface area contributed by atoms with Gasteiger partial charge >= 0.3 is 5.69 Å². The van der Waals surface area contributed by atoms with Crippen molar-refractivity contribution in [1.82, 2.24) is 9.55 Å². The zero-order valence-electron chi connectivity index (χ0n) is 16.0. The van der Waals surface area contributed by atoms with Crippen LogP contribution in [0.5, 0.6) is 5.75 Å². The number of nitrogens with zero attached hydrogens (tertiary/aromatic N) is 3. The van der Waals surface area contributed by atoms with E-state index >= 15 is 0 Å². The molecule has 2 heterocycles. The van der Waals surface area contributed by atoms with Gasteiger partial charge in [-0.25, -0.2) is 13.8 Å². The number of rotatable bonds is 4. The fourth-order valence-electron chi connectivity index (χ4n) is 3.53. The third kappa shape index (κ3) is 3.73. The Morgan fingerprint density at radius 3 is 2.21 bits per heavy atom. The Labute approximate surface area is 166 Å². The van der Waals surface area contributed by atoms with Crippen LogP contribution in [0.2, 0.25) is 0 Å². The molecule has 2 aromatic carbocycles. The number of halogens is 1. The molecule has 0 amide bonds. The SMILES string of the molecule is COc1ccc(-n2c(=O)cc(N3CCN(c4ccccc4F)CC3)[nH]c2=O)cc1. The number of piperazine rings is 1.